The summed E-state index contributed by atoms with van der Waals surface area (Å²) in [6.45, 7) is 8.26. The fraction of sp³-hybridized carbons (Fsp3) is 0.714. The molecule has 0 spiro atoms. The van der Waals surface area contributed by atoms with Crippen LogP contribution in [0.25, 0.3) is 0 Å². The van der Waals surface area contributed by atoms with Crippen LogP contribution in [-0.2, 0) is 6.54 Å². The van der Waals surface area contributed by atoms with Crippen LogP contribution in [0.1, 0.15) is 56.7 Å². The van der Waals surface area contributed by atoms with Crippen molar-refractivity contribution in [3.8, 4) is 0 Å². The summed E-state index contributed by atoms with van der Waals surface area (Å²) in [5.41, 5.74) is 1.17. The van der Waals surface area contributed by atoms with Crippen molar-refractivity contribution in [2.45, 2.75) is 52.5 Å². The summed E-state index contributed by atoms with van der Waals surface area (Å²) in [7, 11) is 1.80. The fourth-order valence-corrected chi connectivity index (χ4v) is 2.53. The lowest BCUT2D eigenvalue weighted by atomic mass is 10.2. The molecule has 0 unspecified atom stereocenters. The predicted molar refractivity (Wildman–Crippen MR) is 83.9 cm³/mol. The van der Waals surface area contributed by atoms with Crippen molar-refractivity contribution in [2.75, 3.05) is 13.6 Å². The van der Waals surface area contributed by atoms with E-state index in [9.17, 15) is 0 Å². The monoisotopic (exact) mass is 282 g/mol. The fourth-order valence-electron chi connectivity index (χ4n) is 1.63. The molecule has 2 N–H and O–H groups in total. The maximum atomic E-state index is 4.60. The minimum atomic E-state index is 0.497. The quantitative estimate of drug-likeness (QED) is 0.459. The van der Waals surface area contributed by atoms with E-state index in [0.717, 1.165) is 24.1 Å². The van der Waals surface area contributed by atoms with Crippen LogP contribution in [0, 0.1) is 0 Å². The molecule has 0 saturated carbocycles. The third-order valence-electron chi connectivity index (χ3n) is 2.86. The topological polar surface area (TPSA) is 49.3 Å². The summed E-state index contributed by atoms with van der Waals surface area (Å²) in [5, 5.41) is 9.87. The first-order chi connectivity index (χ1) is 9.17. The second kappa shape index (κ2) is 8.91. The number of nitrogens with one attached hydrogen (secondary N) is 2. The molecule has 1 heterocycles. The van der Waals surface area contributed by atoms with Crippen LogP contribution in [0.5, 0.6) is 0 Å². The van der Waals surface area contributed by atoms with Crippen molar-refractivity contribution in [3.05, 3.63) is 16.1 Å². The van der Waals surface area contributed by atoms with Gasteiger partial charge in [-0.15, -0.1) is 11.3 Å². The molecule has 4 nitrogen and oxygen atoms in total. The van der Waals surface area contributed by atoms with Gasteiger partial charge in [0.25, 0.3) is 0 Å². The number of aromatic nitrogens is 1. The Labute approximate surface area is 120 Å². The minimum Gasteiger partial charge on any atom is -0.356 e. The molecule has 0 aliphatic carbocycles. The zero-order valence-electron chi connectivity index (χ0n) is 12.5. The van der Waals surface area contributed by atoms with Gasteiger partial charge in [0, 0.05) is 19.0 Å². The van der Waals surface area contributed by atoms with Crippen LogP contribution in [0.2, 0.25) is 0 Å². The SMILES string of the molecule is CCCCCNC(=NC)NCc1nc(C(C)C)cs1. The molecular formula is C14H26N4S. The maximum Gasteiger partial charge on any atom is 0.191 e. The van der Waals surface area contributed by atoms with Gasteiger partial charge < -0.3 is 10.6 Å². The molecule has 0 aliphatic rings. The summed E-state index contributed by atoms with van der Waals surface area (Å²) < 4.78 is 0. The van der Waals surface area contributed by atoms with Gasteiger partial charge in [0.15, 0.2) is 5.96 Å². The Morgan fingerprint density at radius 1 is 1.37 bits per heavy atom. The maximum absolute atomic E-state index is 4.60. The minimum absolute atomic E-state index is 0.497. The molecule has 19 heavy (non-hydrogen) atoms. The second-order valence-corrected chi connectivity index (χ2v) is 5.82. The van der Waals surface area contributed by atoms with Crippen LogP contribution < -0.4 is 10.6 Å². The first-order valence-corrected chi connectivity index (χ1v) is 7.94. The Hall–Kier alpha value is -1.10. The lowest BCUT2D eigenvalue weighted by Gasteiger charge is -2.10. The van der Waals surface area contributed by atoms with E-state index in [1.54, 1.807) is 18.4 Å². The molecule has 0 bridgehead atoms. The number of rotatable bonds is 7. The first-order valence-electron chi connectivity index (χ1n) is 7.06. The highest BCUT2D eigenvalue weighted by molar-refractivity contribution is 7.09. The molecule has 0 saturated heterocycles. The molecule has 0 amide bonds. The highest BCUT2D eigenvalue weighted by Gasteiger charge is 2.06. The van der Waals surface area contributed by atoms with E-state index in [1.807, 2.05) is 0 Å². The number of unbranched alkanes of at least 4 members (excludes halogenated alkanes) is 2. The van der Waals surface area contributed by atoms with E-state index in [4.69, 9.17) is 0 Å². The van der Waals surface area contributed by atoms with Crippen molar-refractivity contribution in [1.82, 2.24) is 15.6 Å². The van der Waals surface area contributed by atoms with Crippen LogP contribution in [0.4, 0.5) is 0 Å². The van der Waals surface area contributed by atoms with Gasteiger partial charge in [0.05, 0.1) is 12.2 Å². The summed E-state index contributed by atoms with van der Waals surface area (Å²) in [4.78, 5) is 8.81. The summed E-state index contributed by atoms with van der Waals surface area (Å²) in [6.07, 6.45) is 3.69. The molecule has 0 aromatic carbocycles. The molecule has 1 aromatic heterocycles. The van der Waals surface area contributed by atoms with Crippen molar-refractivity contribution < 1.29 is 0 Å². The van der Waals surface area contributed by atoms with Crippen molar-refractivity contribution in [2.24, 2.45) is 4.99 Å². The third kappa shape index (κ3) is 6.05. The summed E-state index contributed by atoms with van der Waals surface area (Å²) in [6, 6.07) is 0. The van der Waals surface area contributed by atoms with E-state index in [-0.39, 0.29) is 0 Å². The molecular weight excluding hydrogens is 256 g/mol. The number of guanidine groups is 1. The number of thiazole rings is 1. The third-order valence-corrected chi connectivity index (χ3v) is 3.73. The van der Waals surface area contributed by atoms with Crippen LogP contribution >= 0.6 is 11.3 Å². The van der Waals surface area contributed by atoms with Crippen LogP contribution in [-0.4, -0.2) is 24.5 Å². The Bertz CT molecular complexity index is 385. The zero-order chi connectivity index (χ0) is 14.1. The molecule has 1 aromatic rings. The molecule has 0 atom stereocenters. The number of hydrogen-bond donors (Lipinski definition) is 2. The number of nitrogens with zero attached hydrogens (tertiary/aromatic N) is 2. The van der Waals surface area contributed by atoms with Gasteiger partial charge >= 0.3 is 0 Å². The van der Waals surface area contributed by atoms with E-state index in [1.165, 1.54) is 25.0 Å². The average molecular weight is 282 g/mol. The highest BCUT2D eigenvalue weighted by atomic mass is 32.1. The molecule has 0 fully saturated rings. The molecule has 5 heteroatoms. The Kier molecular flexibility index (Phi) is 7.48. The smallest absolute Gasteiger partial charge is 0.191 e. The standard InChI is InChI=1S/C14H26N4S/c1-5-6-7-8-16-14(15-4)17-9-13-18-12(10-19-13)11(2)3/h10-11H,5-9H2,1-4H3,(H2,15,16,17). The Morgan fingerprint density at radius 3 is 2.74 bits per heavy atom. The van der Waals surface area contributed by atoms with Gasteiger partial charge in [-0.25, -0.2) is 4.98 Å². The lowest BCUT2D eigenvalue weighted by Crippen LogP contribution is -2.37. The van der Waals surface area contributed by atoms with Crippen LogP contribution in [0.3, 0.4) is 0 Å². The van der Waals surface area contributed by atoms with Crippen molar-refractivity contribution >= 4 is 17.3 Å². The molecule has 0 aliphatic heterocycles. The van der Waals surface area contributed by atoms with Crippen molar-refractivity contribution in [1.29, 1.82) is 0 Å². The van der Waals surface area contributed by atoms with Gasteiger partial charge in [0.1, 0.15) is 5.01 Å². The van der Waals surface area contributed by atoms with E-state index in [0.29, 0.717) is 5.92 Å². The number of hydrogen-bond acceptors (Lipinski definition) is 3. The normalized spacial score (nSPS) is 11.9. The number of aliphatic imine (C=N–C) groups is 1. The summed E-state index contributed by atoms with van der Waals surface area (Å²) in [5.74, 6) is 1.36. The zero-order valence-corrected chi connectivity index (χ0v) is 13.3. The average Bonchev–Trinajstić information content (AvgIpc) is 2.87. The van der Waals surface area contributed by atoms with Gasteiger partial charge in [-0.2, -0.15) is 0 Å². The highest BCUT2D eigenvalue weighted by Crippen LogP contribution is 2.17. The second-order valence-electron chi connectivity index (χ2n) is 4.88. The van der Waals surface area contributed by atoms with Gasteiger partial charge in [-0.05, 0) is 12.3 Å². The first kappa shape index (κ1) is 16.0. The van der Waals surface area contributed by atoms with Crippen LogP contribution in [0.15, 0.2) is 10.4 Å². The van der Waals surface area contributed by atoms with E-state index < -0.39 is 0 Å². The van der Waals surface area contributed by atoms with E-state index in [2.05, 4.69) is 46.8 Å². The van der Waals surface area contributed by atoms with Gasteiger partial charge in [0.2, 0.25) is 0 Å². The van der Waals surface area contributed by atoms with Crippen molar-refractivity contribution in [3.63, 3.8) is 0 Å². The Morgan fingerprint density at radius 2 is 2.16 bits per heavy atom. The molecule has 1 rings (SSSR count). The molecule has 108 valence electrons. The predicted octanol–water partition coefficient (Wildman–Crippen LogP) is 3.12. The van der Waals surface area contributed by atoms with E-state index >= 15 is 0 Å². The Balaban J connectivity index is 2.32. The van der Waals surface area contributed by atoms with Gasteiger partial charge in [-0.1, -0.05) is 33.6 Å². The lowest BCUT2D eigenvalue weighted by molar-refractivity contribution is 0.682. The molecule has 0 radical (unpaired) electrons. The van der Waals surface area contributed by atoms with Gasteiger partial charge in [-0.3, -0.25) is 4.99 Å². The largest absolute Gasteiger partial charge is 0.356 e. The summed E-state index contributed by atoms with van der Waals surface area (Å²) >= 11 is 1.71.